The molecule has 0 bridgehead atoms. The first-order valence-corrected chi connectivity index (χ1v) is 11.5. The van der Waals surface area contributed by atoms with Gasteiger partial charge in [0.15, 0.2) is 0 Å². The van der Waals surface area contributed by atoms with E-state index in [-0.39, 0.29) is 0 Å². The zero-order valence-electron chi connectivity index (χ0n) is 18.8. The van der Waals surface area contributed by atoms with Gasteiger partial charge in [-0.2, -0.15) is 0 Å². The van der Waals surface area contributed by atoms with E-state index in [1.54, 1.807) is 0 Å². The number of rotatable bonds is 5. The Morgan fingerprint density at radius 3 is 1.85 bits per heavy atom. The lowest BCUT2D eigenvalue weighted by Crippen LogP contribution is -2.09. The smallest absolute Gasteiger partial charge is 0.0542 e. The molecule has 2 heteroatoms. The van der Waals surface area contributed by atoms with Crippen LogP contribution >= 0.6 is 0 Å². The van der Waals surface area contributed by atoms with Gasteiger partial charge in [-0.15, -0.1) is 0 Å². The van der Waals surface area contributed by atoms with Crippen molar-refractivity contribution in [3.63, 3.8) is 0 Å². The molecule has 0 aliphatic heterocycles. The number of nitrogens with zero attached hydrogens (tertiary/aromatic N) is 2. The molecule has 0 aliphatic rings. The summed E-state index contributed by atoms with van der Waals surface area (Å²) in [6.07, 6.45) is 1.88. The van der Waals surface area contributed by atoms with Crippen LogP contribution in [0, 0.1) is 0 Å². The highest BCUT2D eigenvalue weighted by Gasteiger charge is 2.16. The zero-order valence-corrected chi connectivity index (χ0v) is 18.8. The van der Waals surface area contributed by atoms with E-state index in [1.165, 1.54) is 27.5 Å². The van der Waals surface area contributed by atoms with Gasteiger partial charge in [0.05, 0.1) is 11.0 Å². The summed E-state index contributed by atoms with van der Waals surface area (Å²) < 4.78 is 2.35. The predicted octanol–water partition coefficient (Wildman–Crippen LogP) is 8.90. The van der Waals surface area contributed by atoms with Gasteiger partial charge < -0.3 is 9.47 Å². The minimum atomic E-state index is 1.11. The van der Waals surface area contributed by atoms with Gasteiger partial charge in [0.1, 0.15) is 0 Å². The first-order chi connectivity index (χ1) is 16.8. The third-order valence-electron chi connectivity index (χ3n) is 6.33. The highest BCUT2D eigenvalue weighted by atomic mass is 15.1. The Morgan fingerprint density at radius 2 is 1.12 bits per heavy atom. The normalized spacial score (nSPS) is 11.1. The Bertz CT molecular complexity index is 1590. The predicted molar refractivity (Wildman–Crippen MR) is 146 cm³/mol. The van der Waals surface area contributed by atoms with Crippen molar-refractivity contribution in [3.05, 3.63) is 140 Å². The van der Waals surface area contributed by atoms with Crippen LogP contribution in [0.3, 0.4) is 0 Å². The quantitative estimate of drug-likeness (QED) is 0.262. The van der Waals surface area contributed by atoms with E-state index in [1.807, 2.05) is 6.08 Å². The highest BCUT2D eigenvalue weighted by molar-refractivity contribution is 6.10. The van der Waals surface area contributed by atoms with Crippen LogP contribution in [0.5, 0.6) is 0 Å². The molecule has 0 aliphatic carbocycles. The maximum atomic E-state index is 3.90. The number of fused-ring (bicyclic) bond motifs is 3. The molecular weight excluding hydrogens is 412 g/mol. The lowest BCUT2D eigenvalue weighted by Gasteiger charge is -2.25. The minimum Gasteiger partial charge on any atom is -0.310 e. The molecule has 0 saturated heterocycles. The number of hydrogen-bond acceptors (Lipinski definition) is 1. The van der Waals surface area contributed by atoms with Crippen LogP contribution in [0.1, 0.15) is 5.56 Å². The summed E-state index contributed by atoms with van der Waals surface area (Å²) >= 11 is 0. The van der Waals surface area contributed by atoms with Gasteiger partial charge in [-0.05, 0) is 66.2 Å². The Kier molecular flexibility index (Phi) is 4.97. The topological polar surface area (TPSA) is 8.17 Å². The highest BCUT2D eigenvalue weighted by Crippen LogP contribution is 2.39. The van der Waals surface area contributed by atoms with Gasteiger partial charge in [-0.1, -0.05) is 79.4 Å². The van der Waals surface area contributed by atoms with Gasteiger partial charge in [0.25, 0.3) is 0 Å². The van der Waals surface area contributed by atoms with E-state index in [4.69, 9.17) is 0 Å². The van der Waals surface area contributed by atoms with Crippen molar-refractivity contribution >= 4 is 44.9 Å². The third kappa shape index (κ3) is 3.37. The van der Waals surface area contributed by atoms with Crippen LogP contribution in [0.2, 0.25) is 0 Å². The summed E-state index contributed by atoms with van der Waals surface area (Å²) in [7, 11) is 0. The number of anilines is 3. The fourth-order valence-electron chi connectivity index (χ4n) is 4.74. The van der Waals surface area contributed by atoms with E-state index in [9.17, 15) is 0 Å². The molecule has 6 aromatic rings. The van der Waals surface area contributed by atoms with Crippen molar-refractivity contribution in [2.24, 2.45) is 0 Å². The van der Waals surface area contributed by atoms with Crippen LogP contribution in [0.15, 0.2) is 134 Å². The Hall–Kier alpha value is -4.56. The lowest BCUT2D eigenvalue weighted by atomic mass is 10.1. The van der Waals surface area contributed by atoms with Crippen LogP contribution < -0.4 is 4.90 Å². The number of para-hydroxylation sites is 3. The largest absolute Gasteiger partial charge is 0.310 e. The molecule has 2 nitrogen and oxygen atoms in total. The molecule has 0 radical (unpaired) electrons. The van der Waals surface area contributed by atoms with E-state index in [0.29, 0.717) is 0 Å². The molecule has 0 amide bonds. The van der Waals surface area contributed by atoms with Crippen LogP contribution in [-0.4, -0.2) is 4.57 Å². The third-order valence-corrected chi connectivity index (χ3v) is 6.33. The lowest BCUT2D eigenvalue weighted by molar-refractivity contribution is 1.18. The molecule has 6 rings (SSSR count). The summed E-state index contributed by atoms with van der Waals surface area (Å²) in [5, 5.41) is 2.49. The molecule has 0 spiro atoms. The van der Waals surface area contributed by atoms with Gasteiger partial charge in [-0.3, -0.25) is 0 Å². The van der Waals surface area contributed by atoms with Crippen molar-refractivity contribution < 1.29 is 0 Å². The summed E-state index contributed by atoms with van der Waals surface area (Å²) in [6.45, 7) is 3.90. The van der Waals surface area contributed by atoms with E-state index >= 15 is 0 Å². The first-order valence-electron chi connectivity index (χ1n) is 11.5. The Morgan fingerprint density at radius 1 is 0.529 bits per heavy atom. The second-order valence-electron chi connectivity index (χ2n) is 8.36. The standard InChI is InChI=1S/C32H24N2/c1-2-24-17-19-27(20-18-24)33(25-11-5-3-6-12-25)28-21-22-32-30(23-28)29-15-9-10-16-31(29)34(32)26-13-7-4-8-14-26/h2-23H,1H2. The van der Waals surface area contributed by atoms with Crippen LogP contribution in [0.25, 0.3) is 33.6 Å². The zero-order chi connectivity index (χ0) is 22.9. The molecule has 0 saturated carbocycles. The fraction of sp³-hybridized carbons (Fsp3) is 0. The second kappa shape index (κ2) is 8.42. The summed E-state index contributed by atoms with van der Waals surface area (Å²) in [5.74, 6) is 0. The van der Waals surface area contributed by atoms with Crippen molar-refractivity contribution in [2.75, 3.05) is 4.90 Å². The SMILES string of the molecule is C=Cc1ccc(N(c2ccccc2)c2ccc3c(c2)c2ccccc2n3-c2ccccc2)cc1. The van der Waals surface area contributed by atoms with Crippen molar-refractivity contribution in [3.8, 4) is 5.69 Å². The molecule has 5 aromatic carbocycles. The molecule has 0 N–H and O–H groups in total. The summed E-state index contributed by atoms with van der Waals surface area (Å²) in [4.78, 5) is 2.31. The first kappa shape index (κ1) is 20.1. The van der Waals surface area contributed by atoms with E-state index in [0.717, 1.165) is 22.6 Å². The summed E-state index contributed by atoms with van der Waals surface area (Å²) in [6, 6.07) is 45.0. The minimum absolute atomic E-state index is 1.11. The molecule has 1 aromatic heterocycles. The maximum Gasteiger partial charge on any atom is 0.0542 e. The average Bonchev–Trinajstić information content (AvgIpc) is 3.24. The van der Waals surface area contributed by atoms with Crippen molar-refractivity contribution in [1.29, 1.82) is 0 Å². The van der Waals surface area contributed by atoms with E-state index < -0.39 is 0 Å². The van der Waals surface area contributed by atoms with Gasteiger partial charge in [0.2, 0.25) is 0 Å². The molecule has 34 heavy (non-hydrogen) atoms. The Balaban J connectivity index is 1.60. The van der Waals surface area contributed by atoms with Crippen molar-refractivity contribution in [1.82, 2.24) is 4.57 Å². The van der Waals surface area contributed by atoms with Crippen LogP contribution in [-0.2, 0) is 0 Å². The molecule has 0 unspecified atom stereocenters. The average molecular weight is 437 g/mol. The number of aromatic nitrogens is 1. The second-order valence-corrected chi connectivity index (χ2v) is 8.36. The monoisotopic (exact) mass is 436 g/mol. The van der Waals surface area contributed by atoms with E-state index in [2.05, 4.69) is 143 Å². The fourth-order valence-corrected chi connectivity index (χ4v) is 4.74. The van der Waals surface area contributed by atoms with Gasteiger partial charge >= 0.3 is 0 Å². The van der Waals surface area contributed by atoms with Gasteiger partial charge in [0, 0.05) is 33.5 Å². The molecular formula is C32H24N2. The molecule has 0 atom stereocenters. The Labute approximate surface area is 199 Å². The molecule has 1 heterocycles. The maximum absolute atomic E-state index is 3.90. The van der Waals surface area contributed by atoms with Crippen LogP contribution in [0.4, 0.5) is 17.1 Å². The number of benzene rings is 5. The van der Waals surface area contributed by atoms with Crippen molar-refractivity contribution in [2.45, 2.75) is 0 Å². The van der Waals surface area contributed by atoms with Gasteiger partial charge in [-0.25, -0.2) is 0 Å². The molecule has 162 valence electrons. The summed E-state index contributed by atoms with van der Waals surface area (Å²) in [5.41, 5.74) is 8.05. The molecule has 0 fully saturated rings. The number of hydrogen-bond donors (Lipinski definition) is 0.